The Morgan fingerprint density at radius 2 is 1.72 bits per heavy atom. The molecular formula is C12H16F3NO2. The van der Waals surface area contributed by atoms with Crippen LogP contribution in [0.4, 0.5) is 13.2 Å². The zero-order valence-electron chi connectivity index (χ0n) is 10.2. The number of halogens is 3. The smallest absolute Gasteiger partial charge is 0.406 e. The van der Waals surface area contributed by atoms with Gasteiger partial charge in [0.25, 0.3) is 0 Å². The number of ether oxygens (including phenoxy) is 1. The number of nitrogens with two attached hydrogens (primary N) is 1. The van der Waals surface area contributed by atoms with Crippen LogP contribution >= 0.6 is 0 Å². The van der Waals surface area contributed by atoms with Gasteiger partial charge in [-0.1, -0.05) is 26.0 Å². The van der Waals surface area contributed by atoms with Crippen molar-refractivity contribution >= 4 is 0 Å². The molecule has 0 heterocycles. The first-order valence-corrected chi connectivity index (χ1v) is 5.38. The summed E-state index contributed by atoms with van der Waals surface area (Å²) in [7, 11) is 0. The van der Waals surface area contributed by atoms with Crippen LogP contribution in [0.2, 0.25) is 0 Å². The molecule has 0 aliphatic carbocycles. The third kappa shape index (κ3) is 3.89. The predicted octanol–water partition coefficient (Wildman–Crippen LogP) is 2.60. The fraction of sp³-hybridized carbons (Fsp3) is 0.500. The highest BCUT2D eigenvalue weighted by atomic mass is 19.4. The van der Waals surface area contributed by atoms with Gasteiger partial charge < -0.3 is 15.6 Å². The van der Waals surface area contributed by atoms with E-state index in [-0.39, 0.29) is 12.4 Å². The van der Waals surface area contributed by atoms with Crippen LogP contribution in [0.25, 0.3) is 0 Å². The SMILES string of the molecule is CC(C)(CO)[C@@H](N)c1ccc(OC(F)(F)F)cc1. The minimum atomic E-state index is -4.70. The van der Waals surface area contributed by atoms with E-state index in [0.717, 1.165) is 0 Å². The summed E-state index contributed by atoms with van der Waals surface area (Å²) in [4.78, 5) is 0. The van der Waals surface area contributed by atoms with Gasteiger partial charge in [-0.3, -0.25) is 0 Å². The van der Waals surface area contributed by atoms with Crippen LogP contribution in [0, 0.1) is 5.41 Å². The number of hydrogen-bond acceptors (Lipinski definition) is 3. The highest BCUT2D eigenvalue weighted by Gasteiger charge is 2.31. The Balaban J connectivity index is 2.83. The molecule has 0 bridgehead atoms. The molecule has 3 N–H and O–H groups in total. The number of hydrogen-bond donors (Lipinski definition) is 2. The molecule has 0 amide bonds. The lowest BCUT2D eigenvalue weighted by Crippen LogP contribution is -2.32. The van der Waals surface area contributed by atoms with E-state index in [4.69, 9.17) is 5.73 Å². The van der Waals surface area contributed by atoms with Gasteiger partial charge in [0.05, 0.1) is 0 Å². The minimum Gasteiger partial charge on any atom is -0.406 e. The van der Waals surface area contributed by atoms with Crippen molar-refractivity contribution in [3.8, 4) is 5.75 Å². The first kappa shape index (κ1) is 14.8. The second-order valence-electron chi connectivity index (χ2n) is 4.74. The second kappa shape index (κ2) is 5.16. The van der Waals surface area contributed by atoms with E-state index in [1.165, 1.54) is 24.3 Å². The van der Waals surface area contributed by atoms with Gasteiger partial charge in [-0.15, -0.1) is 13.2 Å². The molecule has 0 fully saturated rings. The molecule has 0 saturated carbocycles. The molecule has 0 aliphatic rings. The molecule has 1 atom stereocenters. The van der Waals surface area contributed by atoms with Crippen molar-refractivity contribution in [2.45, 2.75) is 26.3 Å². The third-order valence-electron chi connectivity index (χ3n) is 2.72. The van der Waals surface area contributed by atoms with Crippen LogP contribution in [0.15, 0.2) is 24.3 Å². The summed E-state index contributed by atoms with van der Waals surface area (Å²) in [6.45, 7) is 3.44. The van der Waals surface area contributed by atoms with Crippen molar-refractivity contribution in [2.24, 2.45) is 11.1 Å². The lowest BCUT2D eigenvalue weighted by molar-refractivity contribution is -0.274. The number of alkyl halides is 3. The average molecular weight is 263 g/mol. The number of benzene rings is 1. The van der Waals surface area contributed by atoms with Gasteiger partial charge in [0.1, 0.15) is 5.75 Å². The fourth-order valence-electron chi connectivity index (χ4n) is 1.43. The minimum absolute atomic E-state index is 0.116. The molecule has 0 saturated heterocycles. The highest BCUT2D eigenvalue weighted by Crippen LogP contribution is 2.32. The quantitative estimate of drug-likeness (QED) is 0.878. The molecule has 0 aliphatic heterocycles. The topological polar surface area (TPSA) is 55.5 Å². The van der Waals surface area contributed by atoms with E-state index in [1.807, 2.05) is 0 Å². The molecule has 0 radical (unpaired) electrons. The molecule has 102 valence electrons. The van der Waals surface area contributed by atoms with Gasteiger partial charge in [0.15, 0.2) is 0 Å². The van der Waals surface area contributed by atoms with Crippen molar-refractivity contribution in [1.29, 1.82) is 0 Å². The molecule has 1 rings (SSSR count). The van der Waals surface area contributed by atoms with Crippen LogP contribution in [0.1, 0.15) is 25.5 Å². The van der Waals surface area contributed by atoms with E-state index >= 15 is 0 Å². The first-order chi connectivity index (χ1) is 8.15. The fourth-order valence-corrected chi connectivity index (χ4v) is 1.43. The zero-order valence-corrected chi connectivity index (χ0v) is 10.2. The van der Waals surface area contributed by atoms with Gasteiger partial charge >= 0.3 is 6.36 Å². The van der Waals surface area contributed by atoms with Gasteiger partial charge in [-0.2, -0.15) is 0 Å². The molecule has 3 nitrogen and oxygen atoms in total. The van der Waals surface area contributed by atoms with Crippen LogP contribution in [0.3, 0.4) is 0 Å². The zero-order chi connectivity index (χ0) is 14.0. The molecule has 18 heavy (non-hydrogen) atoms. The standard InChI is InChI=1S/C12H16F3NO2/c1-11(2,7-17)10(16)8-3-5-9(6-4-8)18-12(13,14)15/h3-6,10,17H,7,16H2,1-2H3/t10-/m0/s1. The number of aliphatic hydroxyl groups is 1. The average Bonchev–Trinajstić information content (AvgIpc) is 2.27. The van der Waals surface area contributed by atoms with Crippen LogP contribution in [-0.2, 0) is 0 Å². The molecule has 1 aromatic carbocycles. The highest BCUT2D eigenvalue weighted by molar-refractivity contribution is 5.30. The van der Waals surface area contributed by atoms with Crippen molar-refractivity contribution in [1.82, 2.24) is 0 Å². The Labute approximate surface area is 103 Å². The maximum atomic E-state index is 12.0. The normalized spacial score (nSPS) is 14.4. The molecular weight excluding hydrogens is 247 g/mol. The monoisotopic (exact) mass is 263 g/mol. The summed E-state index contributed by atoms with van der Waals surface area (Å²) in [6, 6.07) is 4.86. The molecule has 6 heteroatoms. The second-order valence-corrected chi connectivity index (χ2v) is 4.74. The largest absolute Gasteiger partial charge is 0.573 e. The van der Waals surface area contributed by atoms with Crippen LogP contribution in [-0.4, -0.2) is 18.1 Å². The predicted molar refractivity (Wildman–Crippen MR) is 60.9 cm³/mol. The molecule has 0 aromatic heterocycles. The Kier molecular flexibility index (Phi) is 4.24. The summed E-state index contributed by atoms with van der Waals surface area (Å²) < 4.78 is 39.7. The van der Waals surface area contributed by atoms with E-state index in [0.29, 0.717) is 5.56 Å². The van der Waals surface area contributed by atoms with E-state index in [2.05, 4.69) is 4.74 Å². The lowest BCUT2D eigenvalue weighted by Gasteiger charge is -2.29. The maximum absolute atomic E-state index is 12.0. The van der Waals surface area contributed by atoms with Crippen molar-refractivity contribution < 1.29 is 23.0 Å². The molecule has 1 aromatic rings. The van der Waals surface area contributed by atoms with Crippen LogP contribution in [0.5, 0.6) is 5.75 Å². The van der Waals surface area contributed by atoms with Gasteiger partial charge in [-0.25, -0.2) is 0 Å². The third-order valence-corrected chi connectivity index (χ3v) is 2.72. The van der Waals surface area contributed by atoms with Crippen molar-refractivity contribution in [3.63, 3.8) is 0 Å². The summed E-state index contributed by atoms with van der Waals surface area (Å²) >= 11 is 0. The van der Waals surface area contributed by atoms with Crippen molar-refractivity contribution in [2.75, 3.05) is 6.61 Å². The number of aliphatic hydroxyl groups excluding tert-OH is 1. The Morgan fingerprint density at radius 3 is 2.11 bits per heavy atom. The van der Waals surface area contributed by atoms with Gasteiger partial charge in [-0.05, 0) is 17.7 Å². The summed E-state index contributed by atoms with van der Waals surface area (Å²) in [5.41, 5.74) is 6.03. The van der Waals surface area contributed by atoms with Crippen LogP contribution < -0.4 is 10.5 Å². The maximum Gasteiger partial charge on any atom is 0.573 e. The summed E-state index contributed by atoms with van der Waals surface area (Å²) in [5, 5.41) is 9.18. The van der Waals surface area contributed by atoms with Crippen molar-refractivity contribution in [3.05, 3.63) is 29.8 Å². The summed E-state index contributed by atoms with van der Waals surface area (Å²) in [5.74, 6) is -0.291. The van der Waals surface area contributed by atoms with Gasteiger partial charge in [0.2, 0.25) is 0 Å². The first-order valence-electron chi connectivity index (χ1n) is 5.38. The number of rotatable bonds is 4. The van der Waals surface area contributed by atoms with E-state index in [9.17, 15) is 18.3 Å². The molecule has 0 unspecified atom stereocenters. The van der Waals surface area contributed by atoms with E-state index < -0.39 is 17.8 Å². The Morgan fingerprint density at radius 1 is 1.22 bits per heavy atom. The molecule has 0 spiro atoms. The Bertz CT molecular complexity index is 387. The Hall–Kier alpha value is -1.27. The lowest BCUT2D eigenvalue weighted by atomic mass is 9.82. The summed E-state index contributed by atoms with van der Waals surface area (Å²) in [6.07, 6.45) is -4.70. The van der Waals surface area contributed by atoms with Gasteiger partial charge in [0, 0.05) is 18.1 Å². The van der Waals surface area contributed by atoms with E-state index in [1.54, 1.807) is 13.8 Å².